The molecule has 10 heteroatoms. The van der Waals surface area contributed by atoms with Crippen molar-refractivity contribution in [2.75, 3.05) is 26.3 Å². The van der Waals surface area contributed by atoms with Gasteiger partial charge in [0.1, 0.15) is 17.0 Å². The summed E-state index contributed by atoms with van der Waals surface area (Å²) in [6, 6.07) is 4.77. The van der Waals surface area contributed by atoms with E-state index in [0.717, 1.165) is 54.6 Å². The largest absolute Gasteiger partial charge is 0.378 e. The number of fused-ring (bicyclic) bond motifs is 1. The highest BCUT2D eigenvalue weighted by molar-refractivity contribution is 5.68. The second kappa shape index (κ2) is 6.73. The van der Waals surface area contributed by atoms with Gasteiger partial charge in [0, 0.05) is 56.6 Å². The van der Waals surface area contributed by atoms with Crippen LogP contribution >= 0.6 is 0 Å². The van der Waals surface area contributed by atoms with Gasteiger partial charge in [-0.2, -0.15) is 15.5 Å². The third kappa shape index (κ3) is 2.85. The monoisotopic (exact) mass is 415 g/mol. The second-order valence-corrected chi connectivity index (χ2v) is 8.35. The number of aromatic nitrogens is 7. The summed E-state index contributed by atoms with van der Waals surface area (Å²) in [5, 5.41) is 18.4. The Morgan fingerprint density at radius 2 is 2.03 bits per heavy atom. The maximum absolute atomic E-state index is 9.46. The minimum atomic E-state index is -0.308. The smallest absolute Gasteiger partial charge is 0.149 e. The van der Waals surface area contributed by atoms with Crippen LogP contribution in [0.25, 0.3) is 28.3 Å². The first-order valence-corrected chi connectivity index (χ1v) is 10.2. The molecule has 4 aromatic rings. The Morgan fingerprint density at radius 1 is 1.19 bits per heavy atom. The van der Waals surface area contributed by atoms with Crippen LogP contribution in [0.5, 0.6) is 0 Å². The molecule has 6 heterocycles. The van der Waals surface area contributed by atoms with Crippen molar-refractivity contribution in [2.24, 2.45) is 7.05 Å². The van der Waals surface area contributed by atoms with Crippen molar-refractivity contribution in [2.45, 2.75) is 18.0 Å². The normalized spacial score (nSPS) is 18.6. The van der Waals surface area contributed by atoms with Gasteiger partial charge in [0.2, 0.25) is 0 Å². The van der Waals surface area contributed by atoms with Crippen LogP contribution in [-0.4, -0.2) is 71.2 Å². The Hall–Kier alpha value is -3.55. The molecule has 2 aliphatic rings. The Kier molecular flexibility index (Phi) is 3.96. The molecule has 2 saturated heterocycles. The molecule has 0 amide bonds. The lowest BCUT2D eigenvalue weighted by Crippen LogP contribution is -2.68. The molecule has 156 valence electrons. The quantitative estimate of drug-likeness (QED) is 0.484. The summed E-state index contributed by atoms with van der Waals surface area (Å²) in [6.45, 7) is 3.16. The van der Waals surface area contributed by atoms with E-state index in [2.05, 4.69) is 26.2 Å². The topological polar surface area (TPSA) is 102 Å². The number of rotatable bonds is 5. The minimum absolute atomic E-state index is 0.308. The Morgan fingerprint density at radius 3 is 2.74 bits per heavy atom. The van der Waals surface area contributed by atoms with Crippen molar-refractivity contribution < 1.29 is 4.74 Å². The van der Waals surface area contributed by atoms with Crippen molar-refractivity contribution in [1.82, 2.24) is 38.8 Å². The molecule has 2 aliphatic heterocycles. The first-order chi connectivity index (χ1) is 15.1. The molecule has 6 rings (SSSR count). The van der Waals surface area contributed by atoms with Crippen LogP contribution in [-0.2, 0) is 17.3 Å². The second-order valence-electron chi connectivity index (χ2n) is 8.35. The van der Waals surface area contributed by atoms with E-state index < -0.39 is 0 Å². The molecule has 4 aromatic heterocycles. The Labute approximate surface area is 178 Å². The zero-order valence-electron chi connectivity index (χ0n) is 17.1. The fourth-order valence-corrected chi connectivity index (χ4v) is 4.41. The van der Waals surface area contributed by atoms with E-state index in [1.807, 2.05) is 47.0 Å². The van der Waals surface area contributed by atoms with Gasteiger partial charge in [-0.1, -0.05) is 0 Å². The average Bonchev–Trinajstić information content (AvgIpc) is 3.44. The van der Waals surface area contributed by atoms with Gasteiger partial charge in [-0.05, 0) is 0 Å². The van der Waals surface area contributed by atoms with Crippen molar-refractivity contribution in [1.29, 1.82) is 5.26 Å². The molecular formula is C21H21N9O. The number of likely N-dealkylation sites (tertiary alicyclic amines) is 1. The zero-order valence-corrected chi connectivity index (χ0v) is 17.1. The van der Waals surface area contributed by atoms with Crippen LogP contribution in [0.4, 0.5) is 0 Å². The van der Waals surface area contributed by atoms with Gasteiger partial charge in [-0.25, -0.2) is 9.97 Å². The minimum Gasteiger partial charge on any atom is -0.378 e. The third-order valence-corrected chi connectivity index (χ3v) is 6.26. The van der Waals surface area contributed by atoms with E-state index in [9.17, 15) is 5.26 Å². The van der Waals surface area contributed by atoms with Gasteiger partial charge in [-0.3, -0.25) is 18.7 Å². The van der Waals surface area contributed by atoms with Crippen molar-refractivity contribution in [3.05, 3.63) is 43.2 Å². The predicted molar refractivity (Wildman–Crippen MR) is 111 cm³/mol. The fourth-order valence-electron chi connectivity index (χ4n) is 4.41. The van der Waals surface area contributed by atoms with Gasteiger partial charge < -0.3 is 4.74 Å². The summed E-state index contributed by atoms with van der Waals surface area (Å²) in [6.07, 6.45) is 11.6. The molecule has 31 heavy (non-hydrogen) atoms. The van der Waals surface area contributed by atoms with Crippen LogP contribution in [0.15, 0.2) is 43.2 Å². The maximum atomic E-state index is 9.46. The average molecular weight is 415 g/mol. The summed E-state index contributed by atoms with van der Waals surface area (Å²) >= 11 is 0. The van der Waals surface area contributed by atoms with E-state index in [1.165, 1.54) is 0 Å². The van der Waals surface area contributed by atoms with Crippen LogP contribution in [0.1, 0.15) is 6.42 Å². The summed E-state index contributed by atoms with van der Waals surface area (Å²) < 4.78 is 11.0. The van der Waals surface area contributed by atoms with Crippen LogP contribution in [0.3, 0.4) is 0 Å². The van der Waals surface area contributed by atoms with Gasteiger partial charge in [-0.15, -0.1) is 0 Å². The molecule has 2 fully saturated rings. The van der Waals surface area contributed by atoms with Gasteiger partial charge in [0.05, 0.1) is 55.4 Å². The van der Waals surface area contributed by atoms with Crippen LogP contribution in [0, 0.1) is 11.3 Å². The lowest BCUT2D eigenvalue weighted by Gasteiger charge is -2.54. The first-order valence-electron chi connectivity index (χ1n) is 10.2. The van der Waals surface area contributed by atoms with Crippen LogP contribution < -0.4 is 0 Å². The molecule has 0 spiro atoms. The molecule has 0 aliphatic carbocycles. The van der Waals surface area contributed by atoms with E-state index in [-0.39, 0.29) is 5.54 Å². The van der Waals surface area contributed by atoms with E-state index in [4.69, 9.17) is 9.72 Å². The lowest BCUT2D eigenvalue weighted by molar-refractivity contribution is -0.127. The van der Waals surface area contributed by atoms with Crippen molar-refractivity contribution in [3.63, 3.8) is 0 Å². The highest BCUT2D eigenvalue weighted by atomic mass is 16.5. The van der Waals surface area contributed by atoms with E-state index in [0.29, 0.717) is 12.5 Å². The van der Waals surface area contributed by atoms with Gasteiger partial charge in [0.25, 0.3) is 0 Å². The molecular weight excluding hydrogens is 394 g/mol. The molecule has 10 nitrogen and oxygen atoms in total. The molecule has 0 radical (unpaired) electrons. The highest BCUT2D eigenvalue weighted by Crippen LogP contribution is 2.36. The summed E-state index contributed by atoms with van der Waals surface area (Å²) in [4.78, 5) is 11.7. The third-order valence-electron chi connectivity index (χ3n) is 6.26. The van der Waals surface area contributed by atoms with Crippen molar-refractivity contribution in [3.8, 4) is 28.7 Å². The molecule has 0 unspecified atom stereocenters. The van der Waals surface area contributed by atoms with Gasteiger partial charge in [0.15, 0.2) is 0 Å². The number of hydrogen-bond donors (Lipinski definition) is 0. The number of ether oxygens (including phenoxy) is 1. The zero-order chi connectivity index (χ0) is 21.0. The standard InChI is InChI=1S/C21H21N9O/c1-27-9-15(7-24-27)18-6-19-23-4-5-29(19)20(26-18)16-8-25-30(10-16)21(2-3-22)13-28(14-21)17-11-31-12-17/h4-10,17H,2,11-14H2,1H3. The summed E-state index contributed by atoms with van der Waals surface area (Å²) in [5.41, 5.74) is 3.12. The highest BCUT2D eigenvalue weighted by Gasteiger charge is 2.49. The SMILES string of the molecule is Cn1cc(-c2cc3nccn3c(-c3cnn(C4(CC#N)CN(C5COC5)C4)c3)n2)cn1. The van der Waals surface area contributed by atoms with E-state index in [1.54, 1.807) is 17.1 Å². The molecule has 0 bridgehead atoms. The van der Waals surface area contributed by atoms with Gasteiger partial charge >= 0.3 is 0 Å². The number of hydrogen-bond acceptors (Lipinski definition) is 7. The first kappa shape index (κ1) is 18.2. The number of imidazole rings is 1. The lowest BCUT2D eigenvalue weighted by atomic mass is 9.85. The molecule has 0 aromatic carbocycles. The number of aryl methyl sites for hydroxylation is 1. The van der Waals surface area contributed by atoms with Crippen molar-refractivity contribution >= 4 is 5.65 Å². The Balaban J connectivity index is 1.38. The molecule has 0 saturated carbocycles. The van der Waals surface area contributed by atoms with E-state index >= 15 is 0 Å². The number of nitrogens with zero attached hydrogens (tertiary/aromatic N) is 9. The fraction of sp³-hybridized carbons (Fsp3) is 0.381. The summed E-state index contributed by atoms with van der Waals surface area (Å²) in [7, 11) is 1.88. The summed E-state index contributed by atoms with van der Waals surface area (Å²) in [5.74, 6) is 0.760. The maximum Gasteiger partial charge on any atom is 0.149 e. The number of nitriles is 1. The molecule has 0 atom stereocenters. The Bertz CT molecular complexity index is 1300. The van der Waals surface area contributed by atoms with Crippen LogP contribution in [0.2, 0.25) is 0 Å². The predicted octanol–water partition coefficient (Wildman–Crippen LogP) is 1.32. The molecule has 0 N–H and O–H groups in total.